The summed E-state index contributed by atoms with van der Waals surface area (Å²) in [5.74, 6) is 0.573. The van der Waals surface area contributed by atoms with Gasteiger partial charge in [0.15, 0.2) is 0 Å². The minimum Gasteiger partial charge on any atom is -0.480 e. The molecule has 1 N–H and O–H groups in total. The van der Waals surface area contributed by atoms with Crippen molar-refractivity contribution in [1.82, 2.24) is 10.1 Å². The van der Waals surface area contributed by atoms with Crippen LogP contribution in [-0.4, -0.2) is 26.5 Å². The number of aliphatic carboxylic acids is 1. The molecule has 0 saturated carbocycles. The number of aromatic nitrogens is 2. The topological polar surface area (TPSA) is 76.2 Å². The van der Waals surface area contributed by atoms with E-state index < -0.39 is 11.2 Å². The molecule has 5 nitrogen and oxygen atoms in total. The third-order valence-electron chi connectivity index (χ3n) is 2.55. The van der Waals surface area contributed by atoms with Crippen molar-refractivity contribution < 1.29 is 14.4 Å². The molecule has 1 unspecified atom stereocenters. The van der Waals surface area contributed by atoms with Gasteiger partial charge in [0, 0.05) is 5.56 Å². The quantitative estimate of drug-likeness (QED) is 0.875. The Hall–Kier alpha value is -1.82. The molecule has 0 bridgehead atoms. The van der Waals surface area contributed by atoms with E-state index in [4.69, 9.17) is 9.63 Å². The molecular formula is C13H14N2O3S. The molecule has 2 rings (SSSR count). The van der Waals surface area contributed by atoms with Crippen molar-refractivity contribution in [2.24, 2.45) is 0 Å². The third kappa shape index (κ3) is 3.57. The highest BCUT2D eigenvalue weighted by Crippen LogP contribution is 2.21. The smallest absolute Gasteiger partial charge is 0.316 e. The zero-order chi connectivity index (χ0) is 13.7. The van der Waals surface area contributed by atoms with Crippen LogP contribution in [0.15, 0.2) is 34.9 Å². The standard InChI is InChI=1S/C13H14N2O3S/c1-2-10(13(16)17)19-8-11-14-12(15-18-11)9-6-4-3-5-7-9/h3-7,10H,2,8H2,1H3,(H,16,17). The summed E-state index contributed by atoms with van der Waals surface area (Å²) in [7, 11) is 0. The summed E-state index contributed by atoms with van der Waals surface area (Å²) in [5.41, 5.74) is 0.882. The molecule has 1 heterocycles. The minimum atomic E-state index is -0.810. The van der Waals surface area contributed by atoms with Crippen LogP contribution in [-0.2, 0) is 10.5 Å². The van der Waals surface area contributed by atoms with Gasteiger partial charge in [0.05, 0.1) is 5.75 Å². The molecular weight excluding hydrogens is 264 g/mol. The van der Waals surface area contributed by atoms with Crippen molar-refractivity contribution >= 4 is 17.7 Å². The Morgan fingerprint density at radius 2 is 2.16 bits per heavy atom. The Kier molecular flexibility index (Phi) is 4.57. The first-order valence-electron chi connectivity index (χ1n) is 5.93. The number of carboxylic acid groups (broad SMARTS) is 1. The summed E-state index contributed by atoms with van der Waals surface area (Å²) in [5, 5.41) is 12.4. The molecule has 1 aromatic heterocycles. The van der Waals surface area contributed by atoms with E-state index in [1.54, 1.807) is 0 Å². The first-order valence-corrected chi connectivity index (χ1v) is 6.98. The minimum absolute atomic E-state index is 0.407. The molecule has 100 valence electrons. The normalized spacial score (nSPS) is 12.3. The van der Waals surface area contributed by atoms with E-state index in [0.29, 0.717) is 23.9 Å². The molecule has 0 aliphatic carbocycles. The molecule has 6 heteroatoms. The van der Waals surface area contributed by atoms with E-state index in [2.05, 4.69) is 10.1 Å². The van der Waals surface area contributed by atoms with Crippen LogP contribution in [0.25, 0.3) is 11.4 Å². The first kappa shape index (κ1) is 13.6. The highest BCUT2D eigenvalue weighted by molar-refractivity contribution is 7.99. The number of benzene rings is 1. The molecule has 0 radical (unpaired) electrons. The lowest BCUT2D eigenvalue weighted by Gasteiger charge is -2.06. The van der Waals surface area contributed by atoms with Crippen molar-refractivity contribution in [2.45, 2.75) is 24.3 Å². The van der Waals surface area contributed by atoms with Gasteiger partial charge in [-0.3, -0.25) is 4.79 Å². The number of nitrogens with zero attached hydrogens (tertiary/aromatic N) is 2. The second kappa shape index (κ2) is 6.38. The van der Waals surface area contributed by atoms with Crippen LogP contribution in [0.3, 0.4) is 0 Å². The largest absolute Gasteiger partial charge is 0.480 e. The molecule has 0 fully saturated rings. The number of rotatable bonds is 6. The van der Waals surface area contributed by atoms with Gasteiger partial charge in [-0.2, -0.15) is 4.98 Å². The van der Waals surface area contributed by atoms with Crippen molar-refractivity contribution in [3.8, 4) is 11.4 Å². The van der Waals surface area contributed by atoms with E-state index in [0.717, 1.165) is 5.56 Å². The Labute approximate surface area is 115 Å². The molecule has 0 saturated heterocycles. The second-order valence-electron chi connectivity index (χ2n) is 3.92. The number of carbonyl (C=O) groups is 1. The first-order chi connectivity index (χ1) is 9.20. The fraction of sp³-hybridized carbons (Fsp3) is 0.308. The maximum Gasteiger partial charge on any atom is 0.316 e. The van der Waals surface area contributed by atoms with Crippen LogP contribution in [0.1, 0.15) is 19.2 Å². The summed E-state index contributed by atoms with van der Waals surface area (Å²) < 4.78 is 5.12. The van der Waals surface area contributed by atoms with E-state index in [9.17, 15) is 4.79 Å². The van der Waals surface area contributed by atoms with Gasteiger partial charge in [0.2, 0.25) is 11.7 Å². The number of thioether (sulfide) groups is 1. The van der Waals surface area contributed by atoms with Gasteiger partial charge >= 0.3 is 5.97 Å². The highest BCUT2D eigenvalue weighted by atomic mass is 32.2. The maximum atomic E-state index is 10.9. The molecule has 0 spiro atoms. The van der Waals surface area contributed by atoms with Crippen LogP contribution in [0.5, 0.6) is 0 Å². The Morgan fingerprint density at radius 1 is 1.42 bits per heavy atom. The van der Waals surface area contributed by atoms with Gasteiger partial charge in [-0.1, -0.05) is 42.4 Å². The number of hydrogen-bond acceptors (Lipinski definition) is 5. The number of hydrogen-bond donors (Lipinski definition) is 1. The third-order valence-corrected chi connectivity index (χ3v) is 3.91. The fourth-order valence-electron chi connectivity index (χ4n) is 1.55. The molecule has 1 aromatic carbocycles. The lowest BCUT2D eigenvalue weighted by Crippen LogP contribution is -2.15. The molecule has 1 atom stereocenters. The van der Waals surface area contributed by atoms with Crippen LogP contribution in [0, 0.1) is 0 Å². The highest BCUT2D eigenvalue weighted by Gasteiger charge is 2.17. The summed E-state index contributed by atoms with van der Waals surface area (Å²) in [6.45, 7) is 1.84. The molecule has 19 heavy (non-hydrogen) atoms. The van der Waals surface area contributed by atoms with E-state index in [1.165, 1.54) is 11.8 Å². The van der Waals surface area contributed by atoms with E-state index in [1.807, 2.05) is 37.3 Å². The van der Waals surface area contributed by atoms with E-state index >= 15 is 0 Å². The molecule has 2 aromatic rings. The Balaban J connectivity index is 2.00. The van der Waals surface area contributed by atoms with Crippen molar-refractivity contribution in [2.75, 3.05) is 0 Å². The Bertz CT molecular complexity index is 542. The van der Waals surface area contributed by atoms with Crippen LogP contribution >= 0.6 is 11.8 Å². The van der Waals surface area contributed by atoms with Crippen molar-refractivity contribution in [3.05, 3.63) is 36.2 Å². The summed E-state index contributed by atoms with van der Waals surface area (Å²) in [4.78, 5) is 15.1. The van der Waals surface area contributed by atoms with Crippen LogP contribution in [0.4, 0.5) is 0 Å². The van der Waals surface area contributed by atoms with Crippen molar-refractivity contribution in [3.63, 3.8) is 0 Å². The summed E-state index contributed by atoms with van der Waals surface area (Å²) in [6.07, 6.45) is 0.569. The van der Waals surface area contributed by atoms with Gasteiger partial charge < -0.3 is 9.63 Å². The zero-order valence-corrected chi connectivity index (χ0v) is 11.3. The summed E-state index contributed by atoms with van der Waals surface area (Å²) >= 11 is 1.30. The maximum absolute atomic E-state index is 10.9. The fourth-order valence-corrected chi connectivity index (χ4v) is 2.39. The average Bonchev–Trinajstić information content (AvgIpc) is 2.89. The second-order valence-corrected chi connectivity index (χ2v) is 5.11. The average molecular weight is 278 g/mol. The lowest BCUT2D eigenvalue weighted by atomic mass is 10.2. The van der Waals surface area contributed by atoms with Gasteiger partial charge in [-0.05, 0) is 6.42 Å². The predicted octanol–water partition coefficient (Wildman–Crippen LogP) is 2.83. The van der Waals surface area contributed by atoms with Gasteiger partial charge in [-0.15, -0.1) is 11.8 Å². The Morgan fingerprint density at radius 3 is 2.79 bits per heavy atom. The monoisotopic (exact) mass is 278 g/mol. The predicted molar refractivity (Wildman–Crippen MR) is 72.7 cm³/mol. The molecule has 0 aliphatic heterocycles. The van der Waals surface area contributed by atoms with Crippen LogP contribution < -0.4 is 0 Å². The van der Waals surface area contributed by atoms with Crippen molar-refractivity contribution in [1.29, 1.82) is 0 Å². The molecule has 0 amide bonds. The van der Waals surface area contributed by atoms with Crippen LogP contribution in [0.2, 0.25) is 0 Å². The zero-order valence-electron chi connectivity index (χ0n) is 10.4. The van der Waals surface area contributed by atoms with E-state index in [-0.39, 0.29) is 0 Å². The van der Waals surface area contributed by atoms with Gasteiger partial charge in [0.1, 0.15) is 5.25 Å². The number of carboxylic acids is 1. The summed E-state index contributed by atoms with van der Waals surface area (Å²) in [6, 6.07) is 9.51. The van der Waals surface area contributed by atoms with Gasteiger partial charge in [-0.25, -0.2) is 0 Å². The van der Waals surface area contributed by atoms with Gasteiger partial charge in [0.25, 0.3) is 0 Å². The lowest BCUT2D eigenvalue weighted by molar-refractivity contribution is -0.136. The molecule has 0 aliphatic rings. The SMILES string of the molecule is CCC(SCc1nc(-c2ccccc2)no1)C(=O)O.